The zero-order chi connectivity index (χ0) is 20.3. The number of carbonyl (C=O) groups excluding carboxylic acids is 2. The standard InChI is InChI=1S/C20H26BrN3O4/c1-20(2,3)28-19(26)24-13-16(15-12-14(21)4-5-17(15)24)18(25)22-6-7-23-8-10-27-11-9-23/h4-5,12-13H,6-11H2,1-3H3,(H,22,25). The highest BCUT2D eigenvalue weighted by atomic mass is 79.9. The maximum Gasteiger partial charge on any atom is 0.419 e. The summed E-state index contributed by atoms with van der Waals surface area (Å²) >= 11 is 3.44. The SMILES string of the molecule is CC(C)(C)OC(=O)n1cc(C(=O)NCCN2CCOCC2)c2cc(Br)ccc21. The second-order valence-corrected chi connectivity index (χ2v) is 8.68. The minimum atomic E-state index is -0.621. The predicted octanol–water partition coefficient (Wildman–Crippen LogP) is 3.25. The van der Waals surface area contributed by atoms with Gasteiger partial charge in [-0.3, -0.25) is 14.3 Å². The summed E-state index contributed by atoms with van der Waals surface area (Å²) in [6.45, 7) is 9.94. The fourth-order valence-electron chi connectivity index (χ4n) is 3.09. The Hall–Kier alpha value is -1.90. The fraction of sp³-hybridized carbons (Fsp3) is 0.500. The van der Waals surface area contributed by atoms with Crippen LogP contribution in [-0.4, -0.2) is 66.5 Å². The van der Waals surface area contributed by atoms with Crippen molar-refractivity contribution in [3.05, 3.63) is 34.4 Å². The van der Waals surface area contributed by atoms with Crippen molar-refractivity contribution < 1.29 is 19.1 Å². The van der Waals surface area contributed by atoms with Gasteiger partial charge in [-0.05, 0) is 39.0 Å². The van der Waals surface area contributed by atoms with Gasteiger partial charge in [0.05, 0.1) is 24.3 Å². The van der Waals surface area contributed by atoms with Crippen LogP contribution in [0.1, 0.15) is 31.1 Å². The maximum absolute atomic E-state index is 12.8. The Bertz CT molecular complexity index is 866. The molecule has 0 aliphatic carbocycles. The summed E-state index contributed by atoms with van der Waals surface area (Å²) < 4.78 is 13.0. The van der Waals surface area contributed by atoms with Crippen molar-refractivity contribution in [3.8, 4) is 0 Å². The zero-order valence-electron chi connectivity index (χ0n) is 16.5. The Morgan fingerprint density at radius 2 is 1.96 bits per heavy atom. The van der Waals surface area contributed by atoms with E-state index >= 15 is 0 Å². The van der Waals surface area contributed by atoms with E-state index in [1.807, 2.05) is 32.9 Å². The van der Waals surface area contributed by atoms with E-state index in [1.165, 1.54) is 4.57 Å². The summed E-state index contributed by atoms with van der Waals surface area (Å²) in [5.41, 5.74) is 0.462. The first-order valence-electron chi connectivity index (χ1n) is 9.37. The van der Waals surface area contributed by atoms with Crippen LogP contribution in [0.3, 0.4) is 0 Å². The number of benzene rings is 1. The van der Waals surface area contributed by atoms with E-state index in [0.717, 1.165) is 37.3 Å². The van der Waals surface area contributed by atoms with Crippen LogP contribution in [0.4, 0.5) is 4.79 Å². The molecule has 8 heteroatoms. The van der Waals surface area contributed by atoms with Crippen LogP contribution in [0.15, 0.2) is 28.9 Å². The molecule has 0 saturated carbocycles. The molecule has 1 amide bonds. The van der Waals surface area contributed by atoms with Gasteiger partial charge in [0.1, 0.15) is 5.60 Å². The van der Waals surface area contributed by atoms with Crippen LogP contribution in [0.2, 0.25) is 0 Å². The molecule has 1 saturated heterocycles. The van der Waals surface area contributed by atoms with Crippen molar-refractivity contribution in [1.82, 2.24) is 14.8 Å². The summed E-state index contributed by atoms with van der Waals surface area (Å²) in [5.74, 6) is -0.210. The minimum absolute atomic E-state index is 0.210. The average Bonchev–Trinajstić information content (AvgIpc) is 3.00. The molecular weight excluding hydrogens is 426 g/mol. The zero-order valence-corrected chi connectivity index (χ0v) is 18.0. The number of rotatable bonds is 4. The lowest BCUT2D eigenvalue weighted by molar-refractivity contribution is 0.0383. The van der Waals surface area contributed by atoms with Crippen molar-refractivity contribution in [3.63, 3.8) is 0 Å². The Morgan fingerprint density at radius 3 is 2.64 bits per heavy atom. The maximum atomic E-state index is 12.8. The lowest BCUT2D eigenvalue weighted by atomic mass is 10.1. The van der Waals surface area contributed by atoms with Gasteiger partial charge in [-0.25, -0.2) is 4.79 Å². The highest BCUT2D eigenvalue weighted by Gasteiger charge is 2.23. The number of fused-ring (bicyclic) bond motifs is 1. The van der Waals surface area contributed by atoms with Crippen LogP contribution in [-0.2, 0) is 9.47 Å². The number of hydrogen-bond donors (Lipinski definition) is 1. The molecule has 7 nitrogen and oxygen atoms in total. The number of aromatic nitrogens is 1. The van der Waals surface area contributed by atoms with Crippen LogP contribution in [0.5, 0.6) is 0 Å². The summed E-state index contributed by atoms with van der Waals surface area (Å²) in [6.07, 6.45) is 1.04. The van der Waals surface area contributed by atoms with E-state index < -0.39 is 11.7 Å². The minimum Gasteiger partial charge on any atom is -0.443 e. The number of nitrogens with one attached hydrogen (secondary N) is 1. The molecule has 1 aromatic carbocycles. The largest absolute Gasteiger partial charge is 0.443 e. The van der Waals surface area contributed by atoms with Crippen LogP contribution < -0.4 is 5.32 Å². The molecule has 1 aliphatic heterocycles. The molecule has 1 aromatic heterocycles. The van der Waals surface area contributed by atoms with E-state index in [9.17, 15) is 9.59 Å². The molecular formula is C20H26BrN3O4. The van der Waals surface area contributed by atoms with Gasteiger partial charge in [0.25, 0.3) is 5.91 Å². The molecule has 3 rings (SSSR count). The van der Waals surface area contributed by atoms with Crippen molar-refractivity contribution >= 4 is 38.8 Å². The molecule has 152 valence electrons. The number of morpholine rings is 1. The van der Waals surface area contributed by atoms with Gasteiger partial charge in [-0.2, -0.15) is 0 Å². The average molecular weight is 452 g/mol. The number of amides is 1. The van der Waals surface area contributed by atoms with Gasteiger partial charge in [0.15, 0.2) is 0 Å². The number of halogens is 1. The topological polar surface area (TPSA) is 72.8 Å². The van der Waals surface area contributed by atoms with Crippen molar-refractivity contribution in [1.29, 1.82) is 0 Å². The monoisotopic (exact) mass is 451 g/mol. The number of nitrogens with zero attached hydrogens (tertiary/aromatic N) is 2. The molecule has 0 spiro atoms. The molecule has 0 unspecified atom stereocenters. The van der Waals surface area contributed by atoms with Gasteiger partial charge in [-0.1, -0.05) is 15.9 Å². The van der Waals surface area contributed by atoms with Crippen molar-refractivity contribution in [2.45, 2.75) is 26.4 Å². The normalized spacial score (nSPS) is 15.6. The molecule has 1 N–H and O–H groups in total. The Balaban J connectivity index is 1.78. The quantitative estimate of drug-likeness (QED) is 0.771. The third-order valence-corrected chi connectivity index (χ3v) is 4.91. The van der Waals surface area contributed by atoms with Gasteiger partial charge in [-0.15, -0.1) is 0 Å². The first kappa shape index (κ1) is 20.8. The van der Waals surface area contributed by atoms with E-state index in [2.05, 4.69) is 26.1 Å². The number of hydrogen-bond acceptors (Lipinski definition) is 5. The molecule has 0 radical (unpaired) electrons. The van der Waals surface area contributed by atoms with E-state index in [1.54, 1.807) is 12.3 Å². The highest BCUT2D eigenvalue weighted by Crippen LogP contribution is 2.26. The second-order valence-electron chi connectivity index (χ2n) is 7.76. The molecule has 0 atom stereocenters. The molecule has 1 fully saturated rings. The van der Waals surface area contributed by atoms with Crippen LogP contribution in [0, 0.1) is 0 Å². The molecule has 0 bridgehead atoms. The van der Waals surface area contributed by atoms with E-state index in [4.69, 9.17) is 9.47 Å². The van der Waals surface area contributed by atoms with Crippen molar-refractivity contribution in [2.24, 2.45) is 0 Å². The Morgan fingerprint density at radius 1 is 1.25 bits per heavy atom. The van der Waals surface area contributed by atoms with Gasteiger partial charge >= 0.3 is 6.09 Å². The summed E-state index contributed by atoms with van der Waals surface area (Å²) in [6, 6.07) is 5.48. The fourth-order valence-corrected chi connectivity index (χ4v) is 3.45. The van der Waals surface area contributed by atoms with Gasteiger partial charge < -0.3 is 14.8 Å². The number of ether oxygens (including phenoxy) is 2. The lowest BCUT2D eigenvalue weighted by Gasteiger charge is -2.26. The second kappa shape index (κ2) is 8.63. The first-order valence-corrected chi connectivity index (χ1v) is 10.2. The van der Waals surface area contributed by atoms with E-state index in [0.29, 0.717) is 23.0 Å². The molecule has 2 heterocycles. The third kappa shape index (κ3) is 5.12. The predicted molar refractivity (Wildman–Crippen MR) is 111 cm³/mol. The Labute approximate surface area is 173 Å². The third-order valence-electron chi connectivity index (χ3n) is 4.42. The lowest BCUT2D eigenvalue weighted by Crippen LogP contribution is -2.41. The molecule has 2 aromatic rings. The van der Waals surface area contributed by atoms with E-state index in [-0.39, 0.29) is 5.91 Å². The van der Waals surface area contributed by atoms with Crippen LogP contribution >= 0.6 is 15.9 Å². The van der Waals surface area contributed by atoms with Crippen molar-refractivity contribution in [2.75, 3.05) is 39.4 Å². The van der Waals surface area contributed by atoms with Gasteiger partial charge in [0, 0.05) is 42.2 Å². The Kier molecular flexibility index (Phi) is 6.42. The van der Waals surface area contributed by atoms with Gasteiger partial charge in [0.2, 0.25) is 0 Å². The smallest absolute Gasteiger partial charge is 0.419 e. The number of carbonyl (C=O) groups is 2. The molecule has 1 aliphatic rings. The highest BCUT2D eigenvalue weighted by molar-refractivity contribution is 9.10. The summed E-state index contributed by atoms with van der Waals surface area (Å²) in [7, 11) is 0. The van der Waals surface area contributed by atoms with Crippen LogP contribution in [0.25, 0.3) is 10.9 Å². The summed E-state index contributed by atoms with van der Waals surface area (Å²) in [5, 5.41) is 3.65. The first-order chi connectivity index (χ1) is 13.2. The summed E-state index contributed by atoms with van der Waals surface area (Å²) in [4.78, 5) is 27.6. The molecule has 28 heavy (non-hydrogen) atoms.